The second kappa shape index (κ2) is 11.3. The van der Waals surface area contributed by atoms with E-state index in [-0.39, 0.29) is 29.0 Å². The predicted molar refractivity (Wildman–Crippen MR) is 141 cm³/mol. The van der Waals surface area contributed by atoms with Crippen LogP contribution >= 0.6 is 0 Å². The van der Waals surface area contributed by atoms with Crippen LogP contribution in [0.4, 0.5) is 15.8 Å². The lowest BCUT2D eigenvalue weighted by Gasteiger charge is -2.36. The number of ether oxygens (including phenoxy) is 1. The van der Waals surface area contributed by atoms with Crippen LogP contribution in [-0.4, -0.2) is 39.5 Å². The van der Waals surface area contributed by atoms with Gasteiger partial charge in [0.25, 0.3) is 10.0 Å². The van der Waals surface area contributed by atoms with Crippen LogP contribution in [-0.2, 0) is 23.1 Å². The second-order valence-corrected chi connectivity index (χ2v) is 10.7. The number of carbonyl (C=O) groups is 1. The maximum atomic E-state index is 13.5. The van der Waals surface area contributed by atoms with E-state index < -0.39 is 10.0 Å². The van der Waals surface area contributed by atoms with Crippen molar-refractivity contribution in [3.8, 4) is 5.75 Å². The Bertz CT molecular complexity index is 1370. The number of hydrogen-bond acceptors (Lipinski definition) is 6. The van der Waals surface area contributed by atoms with Crippen molar-refractivity contribution >= 4 is 27.2 Å². The number of nitrogens with one attached hydrogen (secondary N) is 1. The molecule has 0 aliphatic carbocycles. The molecule has 0 unspecified atom stereocenters. The topological polar surface area (TPSA) is 95.9 Å². The lowest BCUT2D eigenvalue weighted by Crippen LogP contribution is -2.37. The van der Waals surface area contributed by atoms with Gasteiger partial charge in [0.2, 0.25) is 0 Å². The highest BCUT2D eigenvalue weighted by Crippen LogP contribution is 2.36. The van der Waals surface area contributed by atoms with Crippen molar-refractivity contribution in [1.29, 1.82) is 0 Å². The van der Waals surface area contributed by atoms with E-state index in [0.29, 0.717) is 66.2 Å². The van der Waals surface area contributed by atoms with Crippen LogP contribution in [0.3, 0.4) is 0 Å². The number of aliphatic hydroxyl groups is 1. The SMILES string of the molecule is CCc1c(S(=O)(=O)Nc2ccccc2OC)ccc(CO)c1N1CCC(C(=O)c2ccc(F)cc2)CC1. The van der Waals surface area contributed by atoms with Crippen LogP contribution in [0, 0.1) is 11.7 Å². The first kappa shape index (κ1) is 26.6. The summed E-state index contributed by atoms with van der Waals surface area (Å²) in [6, 6.07) is 15.5. The largest absolute Gasteiger partial charge is 0.495 e. The number of rotatable bonds is 9. The van der Waals surface area contributed by atoms with Crippen LogP contribution in [0.25, 0.3) is 0 Å². The van der Waals surface area contributed by atoms with Gasteiger partial charge < -0.3 is 14.7 Å². The molecule has 1 fully saturated rings. The fraction of sp³-hybridized carbons (Fsp3) is 0.321. The fourth-order valence-corrected chi connectivity index (χ4v) is 6.31. The van der Waals surface area contributed by atoms with E-state index in [2.05, 4.69) is 9.62 Å². The Morgan fingerprint density at radius 1 is 1.08 bits per heavy atom. The van der Waals surface area contributed by atoms with E-state index >= 15 is 0 Å². The first-order valence-electron chi connectivity index (χ1n) is 12.2. The first-order chi connectivity index (χ1) is 17.8. The number of hydrogen-bond donors (Lipinski definition) is 2. The van der Waals surface area contributed by atoms with Crippen LogP contribution < -0.4 is 14.4 Å². The number of methoxy groups -OCH3 is 1. The van der Waals surface area contributed by atoms with E-state index in [4.69, 9.17) is 4.74 Å². The number of aliphatic hydroxyl groups excluding tert-OH is 1. The number of anilines is 2. The maximum absolute atomic E-state index is 13.5. The van der Waals surface area contributed by atoms with E-state index in [1.165, 1.54) is 37.4 Å². The highest BCUT2D eigenvalue weighted by molar-refractivity contribution is 7.92. The predicted octanol–water partition coefficient (Wildman–Crippen LogP) is 4.79. The molecule has 0 amide bonds. The molecule has 0 radical (unpaired) electrons. The molecule has 1 aliphatic heterocycles. The molecular weight excluding hydrogens is 495 g/mol. The zero-order valence-electron chi connectivity index (χ0n) is 20.9. The molecule has 0 atom stereocenters. The van der Waals surface area contributed by atoms with E-state index in [1.54, 1.807) is 30.3 Å². The van der Waals surface area contributed by atoms with Gasteiger partial charge in [0.15, 0.2) is 5.78 Å². The molecule has 1 saturated heterocycles. The third kappa shape index (κ3) is 5.62. The van der Waals surface area contributed by atoms with Crippen LogP contribution in [0.1, 0.15) is 41.3 Å². The van der Waals surface area contributed by atoms with Gasteiger partial charge in [-0.2, -0.15) is 0 Å². The standard InChI is InChI=1S/C28H31FN2O5S/c1-3-23-26(37(34,35)30-24-6-4-5-7-25(24)36-2)13-10-21(18-32)27(23)31-16-14-20(15-17-31)28(33)19-8-11-22(29)12-9-19/h4-13,20,30,32H,3,14-18H2,1-2H3. The quantitative estimate of drug-likeness (QED) is 0.389. The van der Waals surface area contributed by atoms with E-state index in [9.17, 15) is 22.7 Å². The molecule has 0 aromatic heterocycles. The van der Waals surface area contributed by atoms with Crippen molar-refractivity contribution in [2.45, 2.75) is 37.7 Å². The Hall–Kier alpha value is -3.43. The lowest BCUT2D eigenvalue weighted by atomic mass is 9.88. The summed E-state index contributed by atoms with van der Waals surface area (Å²) in [6.45, 7) is 2.70. The highest BCUT2D eigenvalue weighted by Gasteiger charge is 2.30. The number of ketones is 1. The van der Waals surface area contributed by atoms with Crippen molar-refractivity contribution < 1.29 is 27.4 Å². The van der Waals surface area contributed by atoms with Crippen molar-refractivity contribution in [3.05, 3.63) is 83.2 Å². The summed E-state index contributed by atoms with van der Waals surface area (Å²) in [5.74, 6) is -0.201. The summed E-state index contributed by atoms with van der Waals surface area (Å²) < 4.78 is 48.2. The first-order valence-corrected chi connectivity index (χ1v) is 13.7. The maximum Gasteiger partial charge on any atom is 0.262 e. The van der Waals surface area contributed by atoms with Crippen molar-refractivity contribution in [2.75, 3.05) is 29.8 Å². The minimum atomic E-state index is -3.96. The molecule has 4 rings (SSSR count). The highest BCUT2D eigenvalue weighted by atomic mass is 32.2. The Balaban J connectivity index is 1.61. The zero-order chi connectivity index (χ0) is 26.6. The molecule has 0 saturated carbocycles. The minimum absolute atomic E-state index is 0.0184. The van der Waals surface area contributed by atoms with E-state index in [1.807, 2.05) is 6.92 Å². The summed E-state index contributed by atoms with van der Waals surface area (Å²) in [6.07, 6.45) is 1.57. The van der Waals surface area contributed by atoms with Gasteiger partial charge in [0.1, 0.15) is 11.6 Å². The number of Topliss-reactive ketones (excluding diaryl/α,β-unsaturated/α-hetero) is 1. The van der Waals surface area contributed by atoms with Crippen LogP contribution in [0.2, 0.25) is 0 Å². The molecule has 1 aliphatic rings. The molecule has 196 valence electrons. The number of carbonyl (C=O) groups excluding carboxylic acids is 1. The number of nitrogens with zero attached hydrogens (tertiary/aromatic N) is 1. The normalized spacial score (nSPS) is 14.4. The van der Waals surface area contributed by atoms with Gasteiger partial charge in [-0.1, -0.05) is 25.1 Å². The molecule has 3 aromatic carbocycles. The fourth-order valence-electron chi connectivity index (χ4n) is 4.93. The van der Waals surface area contributed by atoms with Gasteiger partial charge in [0.05, 0.1) is 24.3 Å². The van der Waals surface area contributed by atoms with Crippen molar-refractivity contribution in [2.24, 2.45) is 5.92 Å². The number of benzene rings is 3. The van der Waals surface area contributed by atoms with Gasteiger partial charge in [-0.05, 0) is 67.3 Å². The summed E-state index contributed by atoms with van der Waals surface area (Å²) in [7, 11) is -2.49. The van der Waals surface area contributed by atoms with Gasteiger partial charge in [0, 0.05) is 35.8 Å². The molecule has 9 heteroatoms. The van der Waals surface area contributed by atoms with Crippen LogP contribution in [0.5, 0.6) is 5.75 Å². The van der Waals surface area contributed by atoms with E-state index in [0.717, 1.165) is 0 Å². The van der Waals surface area contributed by atoms with Crippen molar-refractivity contribution in [1.82, 2.24) is 0 Å². The third-order valence-corrected chi connectivity index (χ3v) is 8.25. The second-order valence-electron chi connectivity index (χ2n) is 9.00. The molecule has 0 bridgehead atoms. The Kier molecular flexibility index (Phi) is 8.14. The molecule has 1 heterocycles. The third-order valence-electron chi connectivity index (χ3n) is 6.80. The summed E-state index contributed by atoms with van der Waals surface area (Å²) in [4.78, 5) is 15.1. The van der Waals surface area contributed by atoms with Crippen molar-refractivity contribution in [3.63, 3.8) is 0 Å². The molecule has 0 spiro atoms. The average Bonchev–Trinajstić information content (AvgIpc) is 2.92. The molecular formula is C28H31FN2O5S. The van der Waals surface area contributed by atoms with Gasteiger partial charge in [-0.3, -0.25) is 9.52 Å². The Morgan fingerprint density at radius 2 is 1.76 bits per heavy atom. The summed E-state index contributed by atoms with van der Waals surface area (Å²) >= 11 is 0. The Morgan fingerprint density at radius 3 is 2.38 bits per heavy atom. The average molecular weight is 527 g/mol. The lowest BCUT2D eigenvalue weighted by molar-refractivity contribution is 0.0900. The molecule has 3 aromatic rings. The van der Waals surface area contributed by atoms with Gasteiger partial charge in [-0.25, -0.2) is 12.8 Å². The minimum Gasteiger partial charge on any atom is -0.495 e. The Labute approximate surface area is 216 Å². The molecule has 37 heavy (non-hydrogen) atoms. The van der Waals surface area contributed by atoms with Crippen LogP contribution in [0.15, 0.2) is 65.6 Å². The smallest absolute Gasteiger partial charge is 0.262 e. The molecule has 7 nitrogen and oxygen atoms in total. The van der Waals surface area contributed by atoms with Gasteiger partial charge in [-0.15, -0.1) is 0 Å². The number of sulfonamides is 1. The zero-order valence-corrected chi connectivity index (χ0v) is 21.7. The monoisotopic (exact) mass is 526 g/mol. The number of para-hydroxylation sites is 2. The number of piperidine rings is 1. The number of halogens is 1. The summed E-state index contributed by atoms with van der Waals surface area (Å²) in [5.41, 5.74) is 2.76. The summed E-state index contributed by atoms with van der Waals surface area (Å²) in [5, 5.41) is 10.1. The molecule has 2 N–H and O–H groups in total. The van der Waals surface area contributed by atoms with Gasteiger partial charge >= 0.3 is 0 Å².